The summed E-state index contributed by atoms with van der Waals surface area (Å²) in [4.78, 5) is 43.9. The van der Waals surface area contributed by atoms with Crippen molar-refractivity contribution in [2.75, 3.05) is 13.6 Å². The minimum atomic E-state index is -0.646. The lowest BCUT2D eigenvalue weighted by Gasteiger charge is -2.27. The highest BCUT2D eigenvalue weighted by atomic mass is 16.2. The number of hydrogen-bond donors (Lipinski definition) is 1. The third kappa shape index (κ3) is 3.89. The van der Waals surface area contributed by atoms with E-state index in [2.05, 4.69) is 15.2 Å². The van der Waals surface area contributed by atoms with Gasteiger partial charge in [0.2, 0.25) is 5.78 Å². The number of fused-ring (bicyclic) bond motifs is 1. The second kappa shape index (κ2) is 7.67. The van der Waals surface area contributed by atoms with Gasteiger partial charge >= 0.3 is 0 Å². The number of amides is 1. The van der Waals surface area contributed by atoms with Gasteiger partial charge < -0.3 is 14.7 Å². The molecular formula is C21H26N4O3. The van der Waals surface area contributed by atoms with Gasteiger partial charge in [0, 0.05) is 25.2 Å². The summed E-state index contributed by atoms with van der Waals surface area (Å²) >= 11 is 0. The Balaban J connectivity index is 2.00. The Morgan fingerprint density at radius 3 is 2.46 bits per heavy atom. The molecule has 1 atom stereocenters. The van der Waals surface area contributed by atoms with Crippen molar-refractivity contribution >= 4 is 18.0 Å². The summed E-state index contributed by atoms with van der Waals surface area (Å²) in [7, 11) is 1.96. The number of benzene rings is 1. The molecule has 1 N–H and O–H groups in total. The van der Waals surface area contributed by atoms with Crippen molar-refractivity contribution < 1.29 is 14.4 Å². The Bertz CT molecular complexity index is 896. The van der Waals surface area contributed by atoms with Crippen LogP contribution in [0.5, 0.6) is 0 Å². The first-order valence-electron chi connectivity index (χ1n) is 9.36. The van der Waals surface area contributed by atoms with Crippen molar-refractivity contribution in [2.45, 2.75) is 39.9 Å². The van der Waals surface area contributed by atoms with E-state index in [1.54, 1.807) is 24.3 Å². The number of nitrogens with one attached hydrogen (secondary N) is 1. The second-order valence-corrected chi connectivity index (χ2v) is 8.27. The number of likely N-dealkylation sites (N-methyl/N-ethyl adjacent to an activating group) is 1. The summed E-state index contributed by atoms with van der Waals surface area (Å²) in [5, 5.41) is 2.77. The molecule has 7 nitrogen and oxygen atoms in total. The van der Waals surface area contributed by atoms with Gasteiger partial charge in [-0.25, -0.2) is 4.98 Å². The topological polar surface area (TPSA) is 84.3 Å². The van der Waals surface area contributed by atoms with Gasteiger partial charge in [0.25, 0.3) is 5.91 Å². The molecule has 1 aromatic heterocycles. The van der Waals surface area contributed by atoms with E-state index < -0.39 is 17.4 Å². The van der Waals surface area contributed by atoms with Crippen molar-refractivity contribution in [1.29, 1.82) is 0 Å². The molecule has 1 aliphatic heterocycles. The number of rotatable bonds is 5. The van der Waals surface area contributed by atoms with E-state index in [-0.39, 0.29) is 17.3 Å². The zero-order valence-corrected chi connectivity index (χ0v) is 16.7. The molecule has 0 fully saturated rings. The molecule has 2 aromatic rings. The summed E-state index contributed by atoms with van der Waals surface area (Å²) in [6.45, 7) is 7.50. The quantitative estimate of drug-likeness (QED) is 0.631. The number of carbonyl (C=O) groups is 3. The summed E-state index contributed by atoms with van der Waals surface area (Å²) < 4.78 is 1.83. The average molecular weight is 382 g/mol. The van der Waals surface area contributed by atoms with Gasteiger partial charge in [0.05, 0.1) is 11.7 Å². The maximum Gasteiger partial charge on any atom is 0.272 e. The van der Waals surface area contributed by atoms with Crippen molar-refractivity contribution in [1.82, 2.24) is 19.8 Å². The molecule has 7 heteroatoms. The molecule has 0 radical (unpaired) electrons. The molecule has 1 amide bonds. The van der Waals surface area contributed by atoms with Crippen molar-refractivity contribution in [2.24, 2.45) is 5.41 Å². The molecule has 1 aliphatic rings. The number of ketones is 1. The normalized spacial score (nSPS) is 15.6. The van der Waals surface area contributed by atoms with E-state index in [9.17, 15) is 14.4 Å². The van der Waals surface area contributed by atoms with Crippen LogP contribution >= 0.6 is 0 Å². The number of nitrogens with zero attached hydrogens (tertiary/aromatic N) is 3. The Labute approximate surface area is 164 Å². The van der Waals surface area contributed by atoms with Crippen LogP contribution in [0.4, 0.5) is 0 Å². The highest BCUT2D eigenvalue weighted by molar-refractivity contribution is 6.08. The molecule has 0 saturated carbocycles. The van der Waals surface area contributed by atoms with Gasteiger partial charge in [-0.1, -0.05) is 51.1 Å². The van der Waals surface area contributed by atoms with Crippen molar-refractivity contribution in [3.05, 3.63) is 53.1 Å². The van der Waals surface area contributed by atoms with Crippen LogP contribution in [-0.2, 0) is 17.9 Å². The fourth-order valence-corrected chi connectivity index (χ4v) is 3.23. The number of aromatic nitrogens is 2. The van der Waals surface area contributed by atoms with Gasteiger partial charge in [0.15, 0.2) is 11.5 Å². The number of aldehydes is 1. The minimum absolute atomic E-state index is 0.210. The fraction of sp³-hybridized carbons (Fsp3) is 0.429. The van der Waals surface area contributed by atoms with Crippen LogP contribution in [0.15, 0.2) is 30.3 Å². The maximum atomic E-state index is 13.0. The van der Waals surface area contributed by atoms with Crippen LogP contribution in [0.25, 0.3) is 0 Å². The van der Waals surface area contributed by atoms with E-state index in [4.69, 9.17) is 0 Å². The van der Waals surface area contributed by atoms with Crippen LogP contribution in [0.1, 0.15) is 53.1 Å². The van der Waals surface area contributed by atoms with Crippen molar-refractivity contribution in [3.63, 3.8) is 0 Å². The van der Waals surface area contributed by atoms with Crippen LogP contribution in [0.3, 0.4) is 0 Å². The Kier molecular flexibility index (Phi) is 5.47. The highest BCUT2D eigenvalue weighted by Gasteiger charge is 2.32. The van der Waals surface area contributed by atoms with Gasteiger partial charge in [-0.3, -0.25) is 14.5 Å². The Hall–Kier alpha value is -2.80. The lowest BCUT2D eigenvalue weighted by Crippen LogP contribution is -2.45. The minimum Gasteiger partial charge on any atom is -0.341 e. The molecular weight excluding hydrogens is 356 g/mol. The third-order valence-corrected chi connectivity index (χ3v) is 5.01. The third-order valence-electron chi connectivity index (χ3n) is 5.01. The van der Waals surface area contributed by atoms with Gasteiger partial charge in [-0.15, -0.1) is 0 Å². The summed E-state index contributed by atoms with van der Waals surface area (Å²) in [6.07, 6.45) is 0.739. The van der Waals surface area contributed by atoms with Crippen LogP contribution in [0, 0.1) is 5.41 Å². The largest absolute Gasteiger partial charge is 0.341 e. The fourth-order valence-electron chi connectivity index (χ4n) is 3.23. The van der Waals surface area contributed by atoms with Gasteiger partial charge in [0.1, 0.15) is 6.29 Å². The zero-order chi connectivity index (χ0) is 20.5. The molecule has 0 unspecified atom stereocenters. The standard InChI is InChI=1S/C21H26N4O3/c1-21(2,3)16(13-26)22-20(28)17-15-12-24(4)10-11-25(15)19(23-17)18(27)14-8-6-5-7-9-14/h5-9,13,16H,10-12H2,1-4H3,(H,22,28)/t16-/m1/s1. The van der Waals surface area contributed by atoms with E-state index in [1.165, 1.54) is 0 Å². The molecule has 0 aliphatic carbocycles. The smallest absolute Gasteiger partial charge is 0.272 e. The van der Waals surface area contributed by atoms with Gasteiger partial charge in [-0.05, 0) is 12.5 Å². The lowest BCUT2D eigenvalue weighted by molar-refractivity contribution is -0.111. The predicted molar refractivity (Wildman–Crippen MR) is 105 cm³/mol. The SMILES string of the molecule is CN1CCn2c(C(=O)c3ccccc3)nc(C(=O)N[C@H](C=O)C(C)(C)C)c2C1. The molecule has 0 bridgehead atoms. The van der Waals surface area contributed by atoms with Crippen molar-refractivity contribution in [3.8, 4) is 0 Å². The summed E-state index contributed by atoms with van der Waals surface area (Å²) in [5.74, 6) is -0.385. The second-order valence-electron chi connectivity index (χ2n) is 8.27. The number of imidazole rings is 1. The first kappa shape index (κ1) is 19.9. The first-order chi connectivity index (χ1) is 13.2. The molecule has 0 spiro atoms. The van der Waals surface area contributed by atoms with E-state index in [0.717, 1.165) is 12.8 Å². The number of carbonyl (C=O) groups excluding carboxylic acids is 3. The van der Waals surface area contributed by atoms with Crippen LogP contribution < -0.4 is 5.32 Å². The zero-order valence-electron chi connectivity index (χ0n) is 16.7. The summed E-state index contributed by atoms with van der Waals surface area (Å²) in [6, 6.07) is 8.27. The summed E-state index contributed by atoms with van der Waals surface area (Å²) in [5.41, 5.74) is 1.02. The van der Waals surface area contributed by atoms with Crippen LogP contribution in [-0.4, -0.2) is 52.1 Å². The first-order valence-corrected chi connectivity index (χ1v) is 9.36. The molecule has 3 rings (SSSR count). The van der Waals surface area contributed by atoms with E-state index in [1.807, 2.05) is 38.5 Å². The number of hydrogen-bond acceptors (Lipinski definition) is 5. The lowest BCUT2D eigenvalue weighted by atomic mass is 9.87. The van der Waals surface area contributed by atoms with Gasteiger partial charge in [-0.2, -0.15) is 0 Å². The molecule has 28 heavy (non-hydrogen) atoms. The molecule has 0 saturated heterocycles. The average Bonchev–Trinajstić information content (AvgIpc) is 3.03. The highest BCUT2D eigenvalue weighted by Crippen LogP contribution is 2.22. The Morgan fingerprint density at radius 2 is 1.86 bits per heavy atom. The van der Waals surface area contributed by atoms with E-state index in [0.29, 0.717) is 24.3 Å². The maximum absolute atomic E-state index is 13.0. The molecule has 148 valence electrons. The molecule has 2 heterocycles. The Morgan fingerprint density at radius 1 is 1.18 bits per heavy atom. The monoisotopic (exact) mass is 382 g/mol. The van der Waals surface area contributed by atoms with E-state index >= 15 is 0 Å². The molecule has 1 aromatic carbocycles. The van der Waals surface area contributed by atoms with Crippen LogP contribution in [0.2, 0.25) is 0 Å². The predicted octanol–water partition coefficient (Wildman–Crippen LogP) is 1.90.